The molecule has 1 atom stereocenters. The number of hydrogen-bond donors (Lipinski definition) is 1. The average Bonchev–Trinajstić information content (AvgIpc) is 2.86. The van der Waals surface area contributed by atoms with E-state index in [9.17, 15) is 4.89 Å². The highest BCUT2D eigenvalue weighted by Crippen LogP contribution is 2.52. The normalized spacial score (nSPS) is 13.0. The lowest BCUT2D eigenvalue weighted by atomic mass is 10.1. The fourth-order valence-corrected chi connectivity index (χ4v) is 7.26. The van der Waals surface area contributed by atoms with Crippen LogP contribution >= 0.6 is 17.1 Å². The average molecular weight is 566 g/mol. The van der Waals surface area contributed by atoms with E-state index in [1.54, 1.807) is 0 Å². The van der Waals surface area contributed by atoms with Gasteiger partial charge in [-0.15, -0.1) is 11.4 Å². The molecule has 0 aliphatic rings. The first-order valence-corrected chi connectivity index (χ1v) is 19.8. The minimum atomic E-state index is -2.79. The first-order chi connectivity index (χ1) is 17.5. The minimum absolute atomic E-state index is 0.558. The summed E-state index contributed by atoms with van der Waals surface area (Å²) in [6.07, 6.45) is 33.5. The highest BCUT2D eigenvalue weighted by atomic mass is 32.9. The third kappa shape index (κ3) is 36.8. The van der Waals surface area contributed by atoms with Crippen LogP contribution in [-0.2, 0) is 16.3 Å². The molecule has 0 aromatic heterocycles. The standard InChI is InChI=1S/C18H37N.C12H27O2PS2/c1-2-3-4-5-6-7-8-9-10-11-12-13-14-15-16-17-18-19;1-3-5-7-9-11-14-15(13,16)17-12-10-8-6-4-2/h9-10H,2-8,11-19H2,1H3;3-12H2,1-2H3,(H,13,16)/b10-9-;. The molecule has 36 heavy (non-hydrogen) atoms. The summed E-state index contributed by atoms with van der Waals surface area (Å²) in [6, 6.07) is 0. The van der Waals surface area contributed by atoms with Crippen LogP contribution in [0.4, 0.5) is 0 Å². The molecule has 0 heterocycles. The third-order valence-corrected chi connectivity index (χ3v) is 10.6. The van der Waals surface area contributed by atoms with Crippen molar-refractivity contribution in [2.75, 3.05) is 18.9 Å². The Bertz CT molecular complexity index is 460. The van der Waals surface area contributed by atoms with Crippen molar-refractivity contribution in [3.05, 3.63) is 12.2 Å². The van der Waals surface area contributed by atoms with Crippen molar-refractivity contribution in [1.82, 2.24) is 0 Å². The summed E-state index contributed by atoms with van der Waals surface area (Å²) < 4.78 is 5.32. The molecule has 3 nitrogen and oxygen atoms in total. The molecule has 0 fully saturated rings. The highest BCUT2D eigenvalue weighted by molar-refractivity contribution is 8.67. The fourth-order valence-electron chi connectivity index (χ4n) is 3.87. The van der Waals surface area contributed by atoms with Gasteiger partial charge in [-0.2, -0.15) is 0 Å². The smallest absolute Gasteiger partial charge is 0.0739 e. The summed E-state index contributed by atoms with van der Waals surface area (Å²) in [4.78, 5) is 11.8. The Balaban J connectivity index is 0. The summed E-state index contributed by atoms with van der Waals surface area (Å²) in [5, 5.41) is 0. The minimum Gasteiger partial charge on any atom is -0.793 e. The first-order valence-electron chi connectivity index (χ1n) is 15.6. The molecule has 0 aliphatic carbocycles. The van der Waals surface area contributed by atoms with Gasteiger partial charge in [-0.05, 0) is 57.1 Å². The van der Waals surface area contributed by atoms with Crippen molar-refractivity contribution in [2.24, 2.45) is 0 Å². The van der Waals surface area contributed by atoms with Crippen LogP contribution in [-0.4, -0.2) is 18.9 Å². The molecule has 0 spiro atoms. The molecule has 3 N–H and O–H groups in total. The number of allylic oxidation sites excluding steroid dienone is 2. The summed E-state index contributed by atoms with van der Waals surface area (Å²) in [7, 11) is 0. The molecule has 0 rings (SSSR count). The van der Waals surface area contributed by atoms with Crippen LogP contribution in [0.1, 0.15) is 162 Å². The number of hydrogen-bond acceptors (Lipinski definition) is 4. The van der Waals surface area contributed by atoms with Crippen molar-refractivity contribution in [3.63, 3.8) is 0 Å². The van der Waals surface area contributed by atoms with E-state index >= 15 is 0 Å². The Morgan fingerprint density at radius 3 is 1.56 bits per heavy atom. The molecule has 1 unspecified atom stereocenters. The largest absolute Gasteiger partial charge is 0.793 e. The molecule has 0 bridgehead atoms. The molecule has 0 aromatic carbocycles. The van der Waals surface area contributed by atoms with Crippen molar-refractivity contribution in [3.8, 4) is 0 Å². The Hall–Kier alpha value is 0.620. The van der Waals surface area contributed by atoms with E-state index in [0.29, 0.717) is 6.61 Å². The van der Waals surface area contributed by atoms with Gasteiger partial charge in [-0.3, -0.25) is 0 Å². The summed E-state index contributed by atoms with van der Waals surface area (Å²) in [5.74, 6) is 0.871. The second-order valence-electron chi connectivity index (χ2n) is 10.0. The van der Waals surface area contributed by atoms with Gasteiger partial charge < -0.3 is 15.2 Å². The maximum atomic E-state index is 11.8. The summed E-state index contributed by atoms with van der Waals surface area (Å²) >= 11 is 6.34. The Morgan fingerprint density at radius 2 is 1.06 bits per heavy atom. The van der Waals surface area contributed by atoms with Crippen LogP contribution in [0.15, 0.2) is 12.2 Å². The Kier molecular flexibility index (Phi) is 36.2. The van der Waals surface area contributed by atoms with Crippen molar-refractivity contribution < 1.29 is 15.2 Å². The quantitative estimate of drug-likeness (QED) is 0.0612. The number of unbranched alkanes of at least 4 members (excludes halogenated alkanes) is 18. The Labute approximate surface area is 236 Å². The van der Waals surface area contributed by atoms with Crippen molar-refractivity contribution in [2.45, 2.75) is 162 Å². The molecular formula is C30H64NO2PS2. The number of rotatable bonds is 27. The third-order valence-electron chi connectivity index (χ3n) is 6.26. The van der Waals surface area contributed by atoms with Gasteiger partial charge in [0.15, 0.2) is 0 Å². The first kappa shape index (κ1) is 38.8. The maximum Gasteiger partial charge on any atom is 0.0739 e. The van der Waals surface area contributed by atoms with Gasteiger partial charge in [-0.25, -0.2) is 0 Å². The Morgan fingerprint density at radius 1 is 0.639 bits per heavy atom. The predicted octanol–water partition coefficient (Wildman–Crippen LogP) is 9.75. The van der Waals surface area contributed by atoms with Crippen LogP contribution < -0.4 is 10.6 Å². The topological polar surface area (TPSA) is 59.9 Å². The van der Waals surface area contributed by atoms with E-state index in [1.807, 2.05) is 0 Å². The van der Waals surface area contributed by atoms with Gasteiger partial charge in [0.05, 0.1) is 13.2 Å². The van der Waals surface area contributed by atoms with Crippen LogP contribution in [0.25, 0.3) is 0 Å². The molecule has 0 aromatic rings. The van der Waals surface area contributed by atoms with Crippen LogP contribution in [0.2, 0.25) is 0 Å². The van der Waals surface area contributed by atoms with E-state index in [1.165, 1.54) is 133 Å². The lowest BCUT2D eigenvalue weighted by molar-refractivity contribution is -0.368. The second-order valence-corrected chi connectivity index (χ2v) is 16.2. The molecule has 6 heteroatoms. The summed E-state index contributed by atoms with van der Waals surface area (Å²) in [6.45, 7) is 8.31. The van der Waals surface area contributed by atoms with Gasteiger partial charge in [-0.1, -0.05) is 135 Å². The van der Waals surface area contributed by atoms with E-state index in [-0.39, 0.29) is 0 Å². The highest BCUT2D eigenvalue weighted by Gasteiger charge is 2.03. The lowest BCUT2D eigenvalue weighted by Gasteiger charge is -2.26. The van der Waals surface area contributed by atoms with E-state index < -0.39 is 5.69 Å². The zero-order chi connectivity index (χ0) is 27.0. The molecule has 0 aliphatic heterocycles. The fraction of sp³-hybridized carbons (Fsp3) is 0.933. The van der Waals surface area contributed by atoms with E-state index in [4.69, 9.17) is 16.3 Å². The zero-order valence-electron chi connectivity index (χ0n) is 24.6. The predicted molar refractivity (Wildman–Crippen MR) is 168 cm³/mol. The zero-order valence-corrected chi connectivity index (χ0v) is 27.1. The van der Waals surface area contributed by atoms with Gasteiger partial charge in [0.1, 0.15) is 0 Å². The summed E-state index contributed by atoms with van der Waals surface area (Å²) in [5.41, 5.74) is 1.09. The maximum absolute atomic E-state index is 11.8. The molecule has 218 valence electrons. The second kappa shape index (κ2) is 33.6. The lowest BCUT2D eigenvalue weighted by Crippen LogP contribution is -2.50. The van der Waals surface area contributed by atoms with Crippen LogP contribution in [0.5, 0.6) is 0 Å². The SMILES string of the molecule is CCCCCCCC/C=C\CCCCCCCC[NH3+].CCCCCCOP([O-])(=S)SCCCCCC. The molecule has 0 amide bonds. The van der Waals surface area contributed by atoms with E-state index in [2.05, 4.69) is 38.7 Å². The molecule has 0 radical (unpaired) electrons. The molecule has 0 saturated carbocycles. The van der Waals surface area contributed by atoms with Crippen molar-refractivity contribution in [1.29, 1.82) is 0 Å². The van der Waals surface area contributed by atoms with Gasteiger partial charge >= 0.3 is 0 Å². The van der Waals surface area contributed by atoms with Gasteiger partial charge in [0.25, 0.3) is 0 Å². The van der Waals surface area contributed by atoms with Crippen LogP contribution in [0, 0.1) is 0 Å². The van der Waals surface area contributed by atoms with Crippen molar-refractivity contribution >= 4 is 28.9 Å². The molecule has 0 saturated heterocycles. The number of quaternary nitrogens is 1. The van der Waals surface area contributed by atoms with Crippen LogP contribution in [0.3, 0.4) is 0 Å². The van der Waals surface area contributed by atoms with Gasteiger partial charge in [0, 0.05) is 5.69 Å². The van der Waals surface area contributed by atoms with E-state index in [0.717, 1.165) is 31.6 Å². The monoisotopic (exact) mass is 565 g/mol. The van der Waals surface area contributed by atoms with Gasteiger partial charge in [0.2, 0.25) is 0 Å². The molecular weight excluding hydrogens is 501 g/mol.